The molecule has 1 aromatic carbocycles. The minimum absolute atomic E-state index is 0.0290. The molecule has 0 saturated carbocycles. The highest BCUT2D eigenvalue weighted by Crippen LogP contribution is 2.20. The standard InChI is InChI=1S/C12H12N4O2S2/c1-8-11(19-7-15-8)6-16-20(17,18)12-3-2-9(5-13)4-10(12)14/h2-4,7,16H,6,14H2,1H3. The predicted octanol–water partition coefficient (Wildman–Crippen LogP) is 1.38. The van der Waals surface area contributed by atoms with Gasteiger partial charge in [-0.15, -0.1) is 11.3 Å². The lowest BCUT2D eigenvalue weighted by molar-refractivity contribution is 0.582. The Balaban J connectivity index is 2.23. The molecule has 0 saturated heterocycles. The topological polar surface area (TPSA) is 109 Å². The van der Waals surface area contributed by atoms with Crippen molar-refractivity contribution in [3.63, 3.8) is 0 Å². The Morgan fingerprint density at radius 2 is 2.25 bits per heavy atom. The molecular weight excluding hydrogens is 296 g/mol. The Labute approximate surface area is 120 Å². The second-order valence-corrected chi connectivity index (χ2v) is 6.72. The summed E-state index contributed by atoms with van der Waals surface area (Å²) in [4.78, 5) is 4.87. The molecule has 0 aliphatic carbocycles. The molecular formula is C12H12N4O2S2. The minimum Gasteiger partial charge on any atom is -0.398 e. The number of rotatable bonds is 4. The van der Waals surface area contributed by atoms with E-state index < -0.39 is 10.0 Å². The number of nitrogen functional groups attached to an aromatic ring is 1. The van der Waals surface area contributed by atoms with Crippen LogP contribution in [0.3, 0.4) is 0 Å². The van der Waals surface area contributed by atoms with Gasteiger partial charge in [0.25, 0.3) is 0 Å². The van der Waals surface area contributed by atoms with Crippen molar-refractivity contribution in [3.8, 4) is 6.07 Å². The number of sulfonamides is 1. The predicted molar refractivity (Wildman–Crippen MR) is 76.4 cm³/mol. The van der Waals surface area contributed by atoms with Crippen molar-refractivity contribution in [2.24, 2.45) is 0 Å². The third kappa shape index (κ3) is 2.96. The zero-order chi connectivity index (χ0) is 14.8. The zero-order valence-electron chi connectivity index (χ0n) is 10.6. The number of hydrogen-bond acceptors (Lipinski definition) is 6. The number of nitriles is 1. The molecule has 0 bridgehead atoms. The fourth-order valence-electron chi connectivity index (χ4n) is 1.60. The highest BCUT2D eigenvalue weighted by atomic mass is 32.2. The molecule has 3 N–H and O–H groups in total. The summed E-state index contributed by atoms with van der Waals surface area (Å²) in [5.41, 5.74) is 8.51. The van der Waals surface area contributed by atoms with E-state index in [9.17, 15) is 8.42 Å². The number of benzene rings is 1. The summed E-state index contributed by atoms with van der Waals surface area (Å²) in [7, 11) is -3.71. The van der Waals surface area contributed by atoms with Crippen LogP contribution in [0.25, 0.3) is 0 Å². The number of hydrogen-bond donors (Lipinski definition) is 2. The summed E-state index contributed by atoms with van der Waals surface area (Å²) in [5.74, 6) is 0. The SMILES string of the molecule is Cc1ncsc1CNS(=O)(=O)c1ccc(C#N)cc1N. The highest BCUT2D eigenvalue weighted by Gasteiger charge is 2.18. The first-order valence-electron chi connectivity index (χ1n) is 5.62. The molecule has 8 heteroatoms. The molecule has 20 heavy (non-hydrogen) atoms. The van der Waals surface area contributed by atoms with Gasteiger partial charge in [-0.1, -0.05) is 0 Å². The molecule has 0 aliphatic rings. The van der Waals surface area contributed by atoms with Crippen molar-refractivity contribution < 1.29 is 8.42 Å². The van der Waals surface area contributed by atoms with Gasteiger partial charge >= 0.3 is 0 Å². The van der Waals surface area contributed by atoms with E-state index in [1.807, 2.05) is 13.0 Å². The molecule has 1 heterocycles. The van der Waals surface area contributed by atoms with Crippen LogP contribution in [0.1, 0.15) is 16.1 Å². The van der Waals surface area contributed by atoms with E-state index in [0.29, 0.717) is 5.56 Å². The van der Waals surface area contributed by atoms with Gasteiger partial charge in [-0.05, 0) is 25.1 Å². The Hall–Kier alpha value is -1.95. The van der Waals surface area contributed by atoms with Gasteiger partial charge in [0.15, 0.2) is 0 Å². The van der Waals surface area contributed by atoms with Crippen LogP contribution in [-0.2, 0) is 16.6 Å². The largest absolute Gasteiger partial charge is 0.398 e. The molecule has 0 fully saturated rings. The maximum absolute atomic E-state index is 12.2. The quantitative estimate of drug-likeness (QED) is 0.829. The van der Waals surface area contributed by atoms with Gasteiger partial charge in [0.1, 0.15) is 4.90 Å². The molecule has 0 unspecified atom stereocenters. The molecule has 2 rings (SSSR count). The van der Waals surface area contributed by atoms with Gasteiger partial charge in [0, 0.05) is 11.4 Å². The third-order valence-corrected chi connectivity index (χ3v) is 5.11. The van der Waals surface area contributed by atoms with E-state index in [1.165, 1.54) is 29.5 Å². The van der Waals surface area contributed by atoms with E-state index in [-0.39, 0.29) is 17.1 Å². The fourth-order valence-corrected chi connectivity index (χ4v) is 3.51. The van der Waals surface area contributed by atoms with E-state index in [4.69, 9.17) is 11.0 Å². The zero-order valence-corrected chi connectivity index (χ0v) is 12.3. The van der Waals surface area contributed by atoms with Crippen molar-refractivity contribution >= 4 is 27.0 Å². The van der Waals surface area contributed by atoms with Gasteiger partial charge < -0.3 is 5.73 Å². The molecule has 0 radical (unpaired) electrons. The lowest BCUT2D eigenvalue weighted by Crippen LogP contribution is -2.24. The Bertz CT molecular complexity index is 775. The summed E-state index contributed by atoms with van der Waals surface area (Å²) in [6.07, 6.45) is 0. The first kappa shape index (κ1) is 14.5. The fraction of sp³-hybridized carbons (Fsp3) is 0.167. The first-order chi connectivity index (χ1) is 9.44. The number of aryl methyl sites for hydroxylation is 1. The second kappa shape index (κ2) is 5.58. The lowest BCUT2D eigenvalue weighted by Gasteiger charge is -2.08. The van der Waals surface area contributed by atoms with Crippen molar-refractivity contribution in [2.75, 3.05) is 5.73 Å². The van der Waals surface area contributed by atoms with Crippen LogP contribution in [0.15, 0.2) is 28.6 Å². The molecule has 104 valence electrons. The Morgan fingerprint density at radius 3 is 2.80 bits per heavy atom. The smallest absolute Gasteiger partial charge is 0.242 e. The second-order valence-electron chi connectivity index (χ2n) is 4.05. The summed E-state index contributed by atoms with van der Waals surface area (Å²) in [5, 5.41) is 8.74. The van der Waals surface area contributed by atoms with Crippen LogP contribution in [0.2, 0.25) is 0 Å². The molecule has 2 aromatic rings. The normalized spacial score (nSPS) is 11.2. The van der Waals surface area contributed by atoms with Crippen LogP contribution in [0, 0.1) is 18.3 Å². The monoisotopic (exact) mass is 308 g/mol. The first-order valence-corrected chi connectivity index (χ1v) is 7.98. The average Bonchev–Trinajstić information content (AvgIpc) is 2.81. The molecule has 0 atom stereocenters. The van der Waals surface area contributed by atoms with Crippen molar-refractivity contribution in [2.45, 2.75) is 18.4 Å². The molecule has 1 aromatic heterocycles. The average molecular weight is 308 g/mol. The lowest BCUT2D eigenvalue weighted by atomic mass is 10.2. The maximum atomic E-state index is 12.2. The molecule has 0 amide bonds. The van der Waals surface area contributed by atoms with Crippen molar-refractivity contribution in [1.29, 1.82) is 5.26 Å². The van der Waals surface area contributed by atoms with E-state index in [1.54, 1.807) is 5.51 Å². The van der Waals surface area contributed by atoms with Gasteiger partial charge in [0.05, 0.1) is 28.5 Å². The number of nitrogens with two attached hydrogens (primary N) is 1. The highest BCUT2D eigenvalue weighted by molar-refractivity contribution is 7.89. The Kier molecular flexibility index (Phi) is 4.04. The van der Waals surface area contributed by atoms with Crippen LogP contribution in [0.4, 0.5) is 5.69 Å². The number of thiazole rings is 1. The summed E-state index contributed by atoms with van der Waals surface area (Å²) >= 11 is 1.38. The minimum atomic E-state index is -3.71. The van der Waals surface area contributed by atoms with Crippen LogP contribution < -0.4 is 10.5 Å². The molecule has 6 nitrogen and oxygen atoms in total. The van der Waals surface area contributed by atoms with Gasteiger partial charge in [-0.25, -0.2) is 18.1 Å². The van der Waals surface area contributed by atoms with Crippen LogP contribution in [-0.4, -0.2) is 13.4 Å². The summed E-state index contributed by atoms with van der Waals surface area (Å²) < 4.78 is 26.8. The number of aromatic nitrogens is 1. The van der Waals surface area contributed by atoms with E-state index in [0.717, 1.165) is 10.6 Å². The molecule has 0 aliphatic heterocycles. The third-order valence-electron chi connectivity index (χ3n) is 2.70. The summed E-state index contributed by atoms with van der Waals surface area (Å²) in [6.45, 7) is 1.98. The van der Waals surface area contributed by atoms with Crippen LogP contribution in [0.5, 0.6) is 0 Å². The summed E-state index contributed by atoms with van der Waals surface area (Å²) in [6, 6.07) is 5.99. The van der Waals surface area contributed by atoms with Gasteiger partial charge in [0.2, 0.25) is 10.0 Å². The number of nitrogens with one attached hydrogen (secondary N) is 1. The number of anilines is 1. The van der Waals surface area contributed by atoms with Gasteiger partial charge in [-0.2, -0.15) is 5.26 Å². The van der Waals surface area contributed by atoms with E-state index in [2.05, 4.69) is 9.71 Å². The van der Waals surface area contributed by atoms with E-state index >= 15 is 0 Å². The van der Waals surface area contributed by atoms with Gasteiger partial charge in [-0.3, -0.25) is 0 Å². The van der Waals surface area contributed by atoms with Crippen LogP contribution >= 0.6 is 11.3 Å². The maximum Gasteiger partial charge on any atom is 0.242 e. The Morgan fingerprint density at radius 1 is 1.50 bits per heavy atom. The number of nitrogens with zero attached hydrogens (tertiary/aromatic N) is 2. The van der Waals surface area contributed by atoms with Crippen molar-refractivity contribution in [1.82, 2.24) is 9.71 Å². The molecule has 0 spiro atoms. The van der Waals surface area contributed by atoms with Crippen molar-refractivity contribution in [3.05, 3.63) is 39.8 Å².